The van der Waals surface area contributed by atoms with Crippen LogP contribution in [0.3, 0.4) is 0 Å². The Labute approximate surface area is 382 Å². The molecule has 0 saturated carbocycles. The number of rotatable bonds is 8. The number of ether oxygens (including phenoxy) is 1. The lowest BCUT2D eigenvalue weighted by Crippen LogP contribution is -1.93. The first-order valence-electron chi connectivity index (χ1n) is 22.3. The number of hydrogen-bond acceptors (Lipinski definition) is 4. The van der Waals surface area contributed by atoms with Crippen molar-refractivity contribution in [2.75, 3.05) is 7.11 Å². The van der Waals surface area contributed by atoms with E-state index in [9.17, 15) is 0 Å². The molecule has 0 radical (unpaired) electrons. The average Bonchev–Trinajstić information content (AvgIpc) is 3.97. The number of imidazole rings is 2. The summed E-state index contributed by atoms with van der Waals surface area (Å²) in [5, 5.41) is 4.58. The average molecular weight is 850 g/mol. The number of fused-ring (bicyclic) bond motifs is 6. The largest absolute Gasteiger partial charge is 0.497 e. The molecule has 0 N–H and O–H groups in total. The van der Waals surface area contributed by atoms with Crippen molar-refractivity contribution >= 4 is 32.8 Å². The Balaban J connectivity index is 1.03. The van der Waals surface area contributed by atoms with Crippen LogP contribution in [0.4, 0.5) is 0 Å². The van der Waals surface area contributed by atoms with Crippen molar-refractivity contribution in [1.29, 1.82) is 0 Å². The maximum absolute atomic E-state index is 5.50. The highest BCUT2D eigenvalue weighted by atomic mass is 16.5. The molecule has 0 spiro atoms. The van der Waals surface area contributed by atoms with Gasteiger partial charge in [-0.1, -0.05) is 121 Å². The fourth-order valence-corrected chi connectivity index (χ4v) is 9.69. The maximum Gasteiger partial charge on any atom is 0.144 e. The number of benzene rings is 7. The molecule has 314 valence electrons. The standard InChI is InChI=1S/C60H43N5O/c1-38-36-64-28-25-44-30-42(20-22-56(44)59(64)62-38)51-11-5-8-14-54(51)47-32-46(53-13-7-4-10-50(53)40-16-18-41(19-17-40)58-35-49(66-3)24-27-61-58)33-48(34-47)55-15-9-6-12-52(55)43-21-23-57-45(31-43)26-29-65-37-39(2)63-60(57)65/h4-37H,1-3H3. The minimum Gasteiger partial charge on any atom is -0.497 e. The molecule has 7 aromatic carbocycles. The van der Waals surface area contributed by atoms with Crippen molar-refractivity contribution in [2.24, 2.45) is 0 Å². The summed E-state index contributed by atoms with van der Waals surface area (Å²) in [5.74, 6) is 0.783. The second-order valence-electron chi connectivity index (χ2n) is 17.1. The summed E-state index contributed by atoms with van der Waals surface area (Å²) in [7, 11) is 1.68. The van der Waals surface area contributed by atoms with Crippen LogP contribution in [0.1, 0.15) is 11.4 Å². The molecule has 0 aliphatic carbocycles. The van der Waals surface area contributed by atoms with Crippen molar-refractivity contribution in [2.45, 2.75) is 13.8 Å². The molecule has 0 amide bonds. The molecule has 5 heterocycles. The van der Waals surface area contributed by atoms with Crippen LogP contribution in [-0.4, -0.2) is 30.9 Å². The van der Waals surface area contributed by atoms with Crippen molar-refractivity contribution in [3.8, 4) is 83.8 Å². The van der Waals surface area contributed by atoms with Crippen LogP contribution in [0.15, 0.2) is 207 Å². The molecule has 5 aromatic heterocycles. The molecule has 0 unspecified atom stereocenters. The van der Waals surface area contributed by atoms with E-state index < -0.39 is 0 Å². The molecule has 0 saturated heterocycles. The summed E-state index contributed by atoms with van der Waals surface area (Å²) in [6.07, 6.45) is 10.2. The number of pyridine rings is 3. The van der Waals surface area contributed by atoms with Gasteiger partial charge in [0.25, 0.3) is 0 Å². The normalized spacial score (nSPS) is 11.6. The maximum atomic E-state index is 5.50. The Hall–Kier alpha value is -8.61. The van der Waals surface area contributed by atoms with E-state index in [1.165, 1.54) is 11.1 Å². The van der Waals surface area contributed by atoms with E-state index in [4.69, 9.17) is 14.7 Å². The van der Waals surface area contributed by atoms with Crippen LogP contribution in [0.25, 0.3) is 111 Å². The van der Waals surface area contributed by atoms with Gasteiger partial charge in [-0.2, -0.15) is 0 Å². The summed E-state index contributed by atoms with van der Waals surface area (Å²) in [6, 6.07) is 63.9. The Morgan fingerprint density at radius 1 is 0.394 bits per heavy atom. The third-order valence-corrected chi connectivity index (χ3v) is 12.8. The Bertz CT molecular complexity index is 3660. The van der Waals surface area contributed by atoms with Crippen molar-refractivity contribution in [1.82, 2.24) is 23.8 Å². The minimum atomic E-state index is 0.783. The highest BCUT2D eigenvalue weighted by Gasteiger charge is 2.18. The molecule has 6 heteroatoms. The third kappa shape index (κ3) is 6.87. The van der Waals surface area contributed by atoms with E-state index in [2.05, 4.69) is 202 Å². The van der Waals surface area contributed by atoms with Crippen LogP contribution in [0.5, 0.6) is 5.75 Å². The molecule has 0 aliphatic heterocycles. The molecule has 6 nitrogen and oxygen atoms in total. The molecule has 12 aromatic rings. The van der Waals surface area contributed by atoms with E-state index in [-0.39, 0.29) is 0 Å². The Morgan fingerprint density at radius 3 is 1.26 bits per heavy atom. The van der Waals surface area contributed by atoms with Gasteiger partial charge in [0, 0.05) is 53.4 Å². The zero-order chi connectivity index (χ0) is 44.3. The van der Waals surface area contributed by atoms with Crippen LogP contribution in [0, 0.1) is 13.8 Å². The highest BCUT2D eigenvalue weighted by molar-refractivity contribution is 6.01. The minimum absolute atomic E-state index is 0.783. The van der Waals surface area contributed by atoms with Gasteiger partial charge < -0.3 is 13.5 Å². The number of methoxy groups -OCH3 is 1. The first-order chi connectivity index (χ1) is 32.4. The first-order valence-corrected chi connectivity index (χ1v) is 22.3. The zero-order valence-corrected chi connectivity index (χ0v) is 36.8. The predicted molar refractivity (Wildman–Crippen MR) is 271 cm³/mol. The summed E-state index contributed by atoms with van der Waals surface area (Å²) in [5.41, 5.74) is 19.7. The molecule has 66 heavy (non-hydrogen) atoms. The molecule has 0 bridgehead atoms. The molecule has 12 rings (SSSR count). The van der Waals surface area contributed by atoms with Crippen LogP contribution in [-0.2, 0) is 0 Å². The van der Waals surface area contributed by atoms with Gasteiger partial charge in [0.05, 0.1) is 24.2 Å². The molecule has 0 aliphatic rings. The smallest absolute Gasteiger partial charge is 0.144 e. The van der Waals surface area contributed by atoms with Gasteiger partial charge >= 0.3 is 0 Å². The van der Waals surface area contributed by atoms with E-state index in [1.807, 2.05) is 26.0 Å². The molecular formula is C60H43N5O. The van der Waals surface area contributed by atoms with Crippen LogP contribution < -0.4 is 4.74 Å². The third-order valence-electron chi connectivity index (χ3n) is 12.8. The monoisotopic (exact) mass is 849 g/mol. The van der Waals surface area contributed by atoms with E-state index in [0.29, 0.717) is 0 Å². The van der Waals surface area contributed by atoms with E-state index in [1.54, 1.807) is 13.3 Å². The summed E-state index contributed by atoms with van der Waals surface area (Å²) < 4.78 is 9.72. The highest BCUT2D eigenvalue weighted by Crippen LogP contribution is 2.43. The Kier molecular flexibility index (Phi) is 9.39. The summed E-state index contributed by atoms with van der Waals surface area (Å²) >= 11 is 0. The summed E-state index contributed by atoms with van der Waals surface area (Å²) in [6.45, 7) is 4.09. The number of aromatic nitrogens is 5. The van der Waals surface area contributed by atoms with Crippen LogP contribution >= 0.6 is 0 Å². The lowest BCUT2D eigenvalue weighted by Gasteiger charge is -2.18. The van der Waals surface area contributed by atoms with Crippen molar-refractivity contribution in [3.05, 3.63) is 218 Å². The van der Waals surface area contributed by atoms with Gasteiger partial charge in [-0.3, -0.25) is 4.98 Å². The number of hydrogen-bond donors (Lipinski definition) is 0. The molecular weight excluding hydrogens is 807 g/mol. The van der Waals surface area contributed by atoms with Gasteiger partial charge in [-0.25, -0.2) is 9.97 Å². The lowest BCUT2D eigenvalue weighted by molar-refractivity contribution is 0.414. The molecule has 0 atom stereocenters. The zero-order valence-electron chi connectivity index (χ0n) is 36.8. The first kappa shape index (κ1) is 39.0. The number of nitrogens with zero attached hydrogens (tertiary/aromatic N) is 5. The van der Waals surface area contributed by atoms with Crippen molar-refractivity contribution in [3.63, 3.8) is 0 Å². The quantitative estimate of drug-likeness (QED) is 0.153. The predicted octanol–water partition coefficient (Wildman–Crippen LogP) is 15.0. The summed E-state index contributed by atoms with van der Waals surface area (Å²) in [4.78, 5) is 14.3. The topological polar surface area (TPSA) is 56.7 Å². The van der Waals surface area contributed by atoms with Gasteiger partial charge in [0.1, 0.15) is 17.0 Å². The van der Waals surface area contributed by atoms with Gasteiger partial charge in [-0.15, -0.1) is 0 Å². The van der Waals surface area contributed by atoms with E-state index in [0.717, 1.165) is 117 Å². The van der Waals surface area contributed by atoms with Gasteiger partial charge in [0.2, 0.25) is 0 Å². The fraction of sp³-hybridized carbons (Fsp3) is 0.0500. The van der Waals surface area contributed by atoms with Crippen molar-refractivity contribution < 1.29 is 4.74 Å². The fourth-order valence-electron chi connectivity index (χ4n) is 9.69. The van der Waals surface area contributed by atoms with E-state index >= 15 is 0 Å². The van der Waals surface area contributed by atoms with Gasteiger partial charge in [-0.05, 0) is 140 Å². The molecule has 0 fully saturated rings. The second kappa shape index (κ2) is 15.9. The number of aryl methyl sites for hydroxylation is 2. The second-order valence-corrected chi connectivity index (χ2v) is 17.1. The van der Waals surface area contributed by atoms with Gasteiger partial charge in [0.15, 0.2) is 0 Å². The Morgan fingerprint density at radius 2 is 0.803 bits per heavy atom. The lowest BCUT2D eigenvalue weighted by atomic mass is 9.86. The van der Waals surface area contributed by atoms with Crippen LogP contribution in [0.2, 0.25) is 0 Å². The SMILES string of the molecule is COc1ccnc(-c2ccc(-c3ccccc3-c3cc(-c4ccccc4-c4ccc5c(ccn6cc(C)nc56)c4)cc(-c4ccccc4-c4ccc5c(ccn6cc(C)nc56)c4)c3)cc2)c1.